The van der Waals surface area contributed by atoms with Crippen LogP contribution in [0.2, 0.25) is 0 Å². The number of benzene rings is 2. The minimum Gasteiger partial charge on any atom is -0.493 e. The van der Waals surface area contributed by atoms with E-state index in [1.54, 1.807) is 7.11 Å². The molecule has 0 N–H and O–H groups in total. The second kappa shape index (κ2) is 10.7. The van der Waals surface area contributed by atoms with E-state index in [9.17, 15) is 9.59 Å². The molecule has 2 amide bonds. The first kappa shape index (κ1) is 21.7. The normalized spacial score (nSPS) is 14.2. The lowest BCUT2D eigenvalue weighted by atomic mass is 10.1. The average molecular weight is 411 g/mol. The van der Waals surface area contributed by atoms with E-state index >= 15 is 0 Å². The van der Waals surface area contributed by atoms with Crippen molar-refractivity contribution in [1.82, 2.24) is 9.80 Å². The molecule has 30 heavy (non-hydrogen) atoms. The van der Waals surface area contributed by atoms with Gasteiger partial charge in [0.05, 0.1) is 13.7 Å². The molecule has 6 nitrogen and oxygen atoms in total. The molecule has 1 aliphatic rings. The summed E-state index contributed by atoms with van der Waals surface area (Å²) in [7, 11) is 1.62. The van der Waals surface area contributed by atoms with Gasteiger partial charge in [-0.2, -0.15) is 0 Å². The van der Waals surface area contributed by atoms with Crippen LogP contribution in [0.25, 0.3) is 0 Å². The maximum Gasteiger partial charge on any atom is 0.253 e. The number of aryl methyl sites for hydroxylation is 1. The van der Waals surface area contributed by atoms with Crippen molar-refractivity contribution in [3.63, 3.8) is 0 Å². The Morgan fingerprint density at radius 2 is 1.67 bits per heavy atom. The molecule has 0 bridgehead atoms. The minimum atomic E-state index is 0.0337. The van der Waals surface area contributed by atoms with Gasteiger partial charge in [-0.25, -0.2) is 0 Å². The van der Waals surface area contributed by atoms with Gasteiger partial charge in [-0.3, -0.25) is 9.59 Å². The smallest absolute Gasteiger partial charge is 0.253 e. The monoisotopic (exact) mass is 410 g/mol. The Kier molecular flexibility index (Phi) is 7.71. The van der Waals surface area contributed by atoms with Crippen molar-refractivity contribution in [1.29, 1.82) is 0 Å². The third-order valence-corrected chi connectivity index (χ3v) is 5.31. The maximum atomic E-state index is 12.8. The van der Waals surface area contributed by atoms with Crippen molar-refractivity contribution in [3.8, 4) is 11.5 Å². The number of methoxy groups -OCH3 is 1. The van der Waals surface area contributed by atoms with Gasteiger partial charge in [0.15, 0.2) is 11.5 Å². The van der Waals surface area contributed by atoms with Gasteiger partial charge in [-0.05, 0) is 49.6 Å². The fourth-order valence-electron chi connectivity index (χ4n) is 3.68. The Bertz CT molecular complexity index is 854. The zero-order chi connectivity index (χ0) is 21.3. The topological polar surface area (TPSA) is 59.1 Å². The summed E-state index contributed by atoms with van der Waals surface area (Å²) in [5, 5.41) is 0. The summed E-state index contributed by atoms with van der Waals surface area (Å²) in [6, 6.07) is 15.1. The summed E-state index contributed by atoms with van der Waals surface area (Å²) in [6.07, 6.45) is 1.87. The molecule has 1 saturated heterocycles. The Labute approximate surface area is 178 Å². The molecule has 0 atom stereocenters. The van der Waals surface area contributed by atoms with Gasteiger partial charge in [0.25, 0.3) is 5.91 Å². The van der Waals surface area contributed by atoms with E-state index in [0.29, 0.717) is 62.7 Å². The average Bonchev–Trinajstić information content (AvgIpc) is 3.05. The van der Waals surface area contributed by atoms with E-state index in [1.807, 2.05) is 65.3 Å². The summed E-state index contributed by atoms with van der Waals surface area (Å²) in [5.41, 5.74) is 1.74. The molecule has 0 radical (unpaired) electrons. The molecule has 1 heterocycles. The Morgan fingerprint density at radius 1 is 0.933 bits per heavy atom. The molecule has 160 valence electrons. The highest BCUT2D eigenvalue weighted by atomic mass is 16.5. The first-order chi connectivity index (χ1) is 14.6. The van der Waals surface area contributed by atoms with Crippen molar-refractivity contribution < 1.29 is 19.1 Å². The Morgan fingerprint density at radius 3 is 2.40 bits per heavy atom. The Hall–Kier alpha value is -3.02. The number of hydrogen-bond donors (Lipinski definition) is 0. The standard InChI is InChI=1S/C24H30N2O4/c1-3-30-21-12-10-19(18-22(21)29-2)11-13-23(27)25-14-7-15-26(17-16-25)24(28)20-8-5-4-6-9-20/h4-6,8-10,12,18H,3,7,11,13-17H2,1-2H3. The van der Waals surface area contributed by atoms with Crippen molar-refractivity contribution in [3.05, 3.63) is 59.7 Å². The van der Waals surface area contributed by atoms with Crippen LogP contribution in [0.5, 0.6) is 11.5 Å². The molecular formula is C24H30N2O4. The van der Waals surface area contributed by atoms with Gasteiger partial charge >= 0.3 is 0 Å². The predicted molar refractivity (Wildman–Crippen MR) is 116 cm³/mol. The van der Waals surface area contributed by atoms with E-state index in [-0.39, 0.29) is 11.8 Å². The molecule has 2 aromatic carbocycles. The van der Waals surface area contributed by atoms with Crippen LogP contribution in [-0.4, -0.2) is 61.5 Å². The van der Waals surface area contributed by atoms with Crippen LogP contribution >= 0.6 is 0 Å². The number of hydrogen-bond acceptors (Lipinski definition) is 4. The molecule has 2 aromatic rings. The fraction of sp³-hybridized carbons (Fsp3) is 0.417. The predicted octanol–water partition coefficient (Wildman–Crippen LogP) is 3.40. The lowest BCUT2D eigenvalue weighted by Gasteiger charge is -2.22. The molecular weight excluding hydrogens is 380 g/mol. The summed E-state index contributed by atoms with van der Waals surface area (Å²) in [6.45, 7) is 5.01. The number of nitrogens with zero attached hydrogens (tertiary/aromatic N) is 2. The highest BCUT2D eigenvalue weighted by Crippen LogP contribution is 2.28. The van der Waals surface area contributed by atoms with Gasteiger partial charge in [0.1, 0.15) is 0 Å². The SMILES string of the molecule is CCOc1ccc(CCC(=O)N2CCCN(C(=O)c3ccccc3)CC2)cc1OC. The van der Waals surface area contributed by atoms with Crippen LogP contribution in [0.3, 0.4) is 0 Å². The highest BCUT2D eigenvalue weighted by Gasteiger charge is 2.22. The van der Waals surface area contributed by atoms with E-state index in [4.69, 9.17) is 9.47 Å². The van der Waals surface area contributed by atoms with Crippen LogP contribution < -0.4 is 9.47 Å². The van der Waals surface area contributed by atoms with Gasteiger partial charge in [0, 0.05) is 38.2 Å². The fourth-order valence-corrected chi connectivity index (χ4v) is 3.68. The van der Waals surface area contributed by atoms with E-state index in [2.05, 4.69) is 0 Å². The molecule has 0 unspecified atom stereocenters. The third-order valence-electron chi connectivity index (χ3n) is 5.31. The summed E-state index contributed by atoms with van der Waals surface area (Å²) < 4.78 is 10.9. The Balaban J connectivity index is 1.53. The quantitative estimate of drug-likeness (QED) is 0.702. The molecule has 1 aliphatic heterocycles. The maximum absolute atomic E-state index is 12.8. The highest BCUT2D eigenvalue weighted by molar-refractivity contribution is 5.94. The molecule has 0 aromatic heterocycles. The van der Waals surface area contributed by atoms with E-state index < -0.39 is 0 Å². The second-order valence-electron chi connectivity index (χ2n) is 7.31. The summed E-state index contributed by atoms with van der Waals surface area (Å²) in [5.74, 6) is 1.56. The molecule has 0 aliphatic carbocycles. The number of carbonyl (C=O) groups excluding carboxylic acids is 2. The second-order valence-corrected chi connectivity index (χ2v) is 7.31. The number of rotatable bonds is 7. The van der Waals surface area contributed by atoms with Crippen LogP contribution in [0, 0.1) is 0 Å². The minimum absolute atomic E-state index is 0.0337. The lowest BCUT2D eigenvalue weighted by Crippen LogP contribution is -2.37. The number of amides is 2. The first-order valence-corrected chi connectivity index (χ1v) is 10.5. The van der Waals surface area contributed by atoms with E-state index in [0.717, 1.165) is 12.0 Å². The van der Waals surface area contributed by atoms with E-state index in [1.165, 1.54) is 0 Å². The zero-order valence-electron chi connectivity index (χ0n) is 17.8. The molecule has 3 rings (SSSR count). The zero-order valence-corrected chi connectivity index (χ0v) is 17.8. The molecule has 1 fully saturated rings. The van der Waals surface area contributed by atoms with Crippen molar-refractivity contribution in [2.45, 2.75) is 26.2 Å². The molecule has 6 heteroatoms. The lowest BCUT2D eigenvalue weighted by molar-refractivity contribution is -0.131. The van der Waals surface area contributed by atoms with Crippen molar-refractivity contribution in [2.75, 3.05) is 39.9 Å². The largest absolute Gasteiger partial charge is 0.493 e. The van der Waals surface area contributed by atoms with Crippen LogP contribution in [0.4, 0.5) is 0 Å². The number of ether oxygens (including phenoxy) is 2. The van der Waals surface area contributed by atoms with Crippen LogP contribution in [-0.2, 0) is 11.2 Å². The number of carbonyl (C=O) groups is 2. The molecule has 0 spiro atoms. The van der Waals surface area contributed by atoms with Gasteiger partial charge in [0.2, 0.25) is 5.91 Å². The van der Waals surface area contributed by atoms with Gasteiger partial charge < -0.3 is 19.3 Å². The summed E-state index contributed by atoms with van der Waals surface area (Å²) in [4.78, 5) is 29.2. The van der Waals surface area contributed by atoms with Gasteiger partial charge in [-0.1, -0.05) is 24.3 Å². The van der Waals surface area contributed by atoms with Crippen molar-refractivity contribution in [2.24, 2.45) is 0 Å². The molecule has 0 saturated carbocycles. The third kappa shape index (κ3) is 5.53. The van der Waals surface area contributed by atoms with Crippen molar-refractivity contribution >= 4 is 11.8 Å². The summed E-state index contributed by atoms with van der Waals surface area (Å²) >= 11 is 0. The first-order valence-electron chi connectivity index (χ1n) is 10.5. The van der Waals surface area contributed by atoms with Crippen LogP contribution in [0.1, 0.15) is 35.7 Å². The van der Waals surface area contributed by atoms with Gasteiger partial charge in [-0.15, -0.1) is 0 Å². The van der Waals surface area contributed by atoms with Crippen LogP contribution in [0.15, 0.2) is 48.5 Å².